The summed E-state index contributed by atoms with van der Waals surface area (Å²) in [6, 6.07) is 3.33. The molecule has 9 nitrogen and oxygen atoms in total. The number of carbonyl (C=O) groups is 2. The Morgan fingerprint density at radius 1 is 1.32 bits per heavy atom. The second kappa shape index (κ2) is 7.55. The van der Waals surface area contributed by atoms with Gasteiger partial charge >= 0.3 is 12.2 Å². The zero-order valence-corrected chi connectivity index (χ0v) is 14.9. The molecule has 0 aliphatic rings. The van der Waals surface area contributed by atoms with E-state index < -0.39 is 40.2 Å². The molecule has 11 heteroatoms. The molecule has 0 aliphatic carbocycles. The number of carbonyl (C=O) groups excluding carboxylic acids is 1. The molecule has 0 atom stereocenters. The number of halogens is 1. The molecule has 1 aromatic rings. The molecule has 0 bridgehead atoms. The molecule has 1 aromatic carbocycles. The van der Waals surface area contributed by atoms with E-state index in [1.54, 1.807) is 20.8 Å². The van der Waals surface area contributed by atoms with Crippen LogP contribution in [0.15, 0.2) is 18.2 Å². The molecule has 0 unspecified atom stereocenters. The Balaban J connectivity index is 2.87. The fraction of sp³-hybridized carbons (Fsp3) is 0.429. The molecule has 0 spiro atoms. The monoisotopic (exact) mass is 378 g/mol. The first-order chi connectivity index (χ1) is 11.3. The molecule has 0 radical (unpaired) electrons. The van der Waals surface area contributed by atoms with Gasteiger partial charge < -0.3 is 9.84 Å². The first-order valence-corrected chi connectivity index (χ1v) is 8.83. The maximum Gasteiger partial charge on any atom is 0.534 e. The normalized spacial score (nSPS) is 11.6. The number of hydrogen-bond donors (Lipinski definition) is 2. The Morgan fingerprint density at radius 3 is 2.36 bits per heavy atom. The molecular weight excluding hydrogens is 359 g/mol. The lowest BCUT2D eigenvalue weighted by molar-refractivity contribution is -0.127. The van der Waals surface area contributed by atoms with E-state index in [1.165, 1.54) is 6.07 Å². The van der Waals surface area contributed by atoms with Crippen molar-refractivity contribution in [3.63, 3.8) is 0 Å². The van der Waals surface area contributed by atoms with Crippen LogP contribution in [0, 0.1) is 5.82 Å². The van der Waals surface area contributed by atoms with E-state index in [9.17, 15) is 22.4 Å². The van der Waals surface area contributed by atoms with Crippen molar-refractivity contribution in [2.24, 2.45) is 0 Å². The zero-order chi connectivity index (χ0) is 19.4. The average Bonchev–Trinajstić information content (AvgIpc) is 2.37. The van der Waals surface area contributed by atoms with Gasteiger partial charge in [-0.2, -0.15) is 0 Å². The number of rotatable bonds is 4. The van der Waals surface area contributed by atoms with Gasteiger partial charge in [-0.1, -0.05) is 6.07 Å². The minimum Gasteiger partial charge on any atom is -0.463 e. The third-order valence-corrected chi connectivity index (χ3v) is 3.03. The van der Waals surface area contributed by atoms with Gasteiger partial charge in [-0.3, -0.25) is 9.56 Å². The number of nitrogens with zero attached hydrogens (tertiary/aromatic N) is 1. The zero-order valence-electron chi connectivity index (χ0n) is 14.1. The van der Waals surface area contributed by atoms with Crippen LogP contribution in [0.4, 0.5) is 19.7 Å². The van der Waals surface area contributed by atoms with Gasteiger partial charge in [-0.25, -0.2) is 22.4 Å². The summed E-state index contributed by atoms with van der Waals surface area (Å²) in [4.78, 5) is 27.3. The Bertz CT molecular complexity index is 759. The van der Waals surface area contributed by atoms with E-state index in [0.29, 0.717) is 0 Å². The number of amides is 1. The van der Waals surface area contributed by atoms with Gasteiger partial charge in [-0.05, 0) is 38.5 Å². The standard InChI is InChI=1S/C14H19FN2O7S/c1-14(2,3)23-13(20)24-17(12(18)19)8-9-5-6-11(10(15)7-9)16-25(4,21)22/h5-7,16H,8H2,1-4H3,(H,18,19). The summed E-state index contributed by atoms with van der Waals surface area (Å²) in [5.74, 6) is -0.912. The fourth-order valence-corrected chi connectivity index (χ4v) is 2.17. The molecule has 1 rings (SSSR count). The lowest BCUT2D eigenvalue weighted by Gasteiger charge is -2.22. The smallest absolute Gasteiger partial charge is 0.463 e. The Kier molecular flexibility index (Phi) is 6.19. The highest BCUT2D eigenvalue weighted by molar-refractivity contribution is 7.92. The first-order valence-electron chi connectivity index (χ1n) is 6.94. The lowest BCUT2D eigenvalue weighted by atomic mass is 10.2. The van der Waals surface area contributed by atoms with Crippen LogP contribution in [0.1, 0.15) is 26.3 Å². The molecule has 25 heavy (non-hydrogen) atoms. The molecule has 0 aromatic heterocycles. The topological polar surface area (TPSA) is 122 Å². The van der Waals surface area contributed by atoms with Crippen molar-refractivity contribution in [2.75, 3.05) is 11.0 Å². The SMILES string of the molecule is CC(C)(C)OC(=O)ON(Cc1ccc(NS(C)(=O)=O)c(F)c1)C(=O)O. The number of nitrogens with one attached hydrogen (secondary N) is 1. The first kappa shape index (κ1) is 20.5. The maximum absolute atomic E-state index is 13.9. The highest BCUT2D eigenvalue weighted by atomic mass is 32.2. The van der Waals surface area contributed by atoms with Gasteiger partial charge in [0.1, 0.15) is 11.4 Å². The van der Waals surface area contributed by atoms with Crippen LogP contribution in [-0.2, 0) is 26.1 Å². The van der Waals surface area contributed by atoms with Crippen molar-refractivity contribution >= 4 is 28.0 Å². The van der Waals surface area contributed by atoms with Crippen molar-refractivity contribution in [1.82, 2.24) is 5.06 Å². The lowest BCUT2D eigenvalue weighted by Crippen LogP contribution is -2.35. The maximum atomic E-state index is 13.9. The van der Waals surface area contributed by atoms with Gasteiger partial charge in [-0.15, -0.1) is 5.06 Å². The van der Waals surface area contributed by atoms with E-state index in [1.807, 2.05) is 4.72 Å². The molecule has 140 valence electrons. The summed E-state index contributed by atoms with van der Waals surface area (Å²) in [5, 5.41) is 9.34. The summed E-state index contributed by atoms with van der Waals surface area (Å²) >= 11 is 0. The predicted octanol–water partition coefficient (Wildman–Crippen LogP) is 2.54. The quantitative estimate of drug-likeness (QED) is 0.610. The summed E-state index contributed by atoms with van der Waals surface area (Å²) in [7, 11) is -3.66. The molecule has 0 heterocycles. The number of hydroxylamine groups is 2. The van der Waals surface area contributed by atoms with Gasteiger partial charge in [0, 0.05) is 0 Å². The van der Waals surface area contributed by atoms with Crippen molar-refractivity contribution < 1.29 is 37.1 Å². The van der Waals surface area contributed by atoms with E-state index in [2.05, 4.69) is 4.84 Å². The van der Waals surface area contributed by atoms with E-state index >= 15 is 0 Å². The van der Waals surface area contributed by atoms with Gasteiger partial charge in [0.25, 0.3) is 0 Å². The van der Waals surface area contributed by atoms with Crippen molar-refractivity contribution in [3.8, 4) is 0 Å². The van der Waals surface area contributed by atoms with Gasteiger partial charge in [0.2, 0.25) is 10.0 Å². The Hall–Kier alpha value is -2.56. The molecular formula is C14H19FN2O7S. The third kappa shape index (κ3) is 7.70. The molecule has 0 fully saturated rings. The van der Waals surface area contributed by atoms with Crippen molar-refractivity contribution in [3.05, 3.63) is 29.6 Å². The number of ether oxygens (including phenoxy) is 1. The highest BCUT2D eigenvalue weighted by Gasteiger charge is 2.24. The predicted molar refractivity (Wildman–Crippen MR) is 85.8 cm³/mol. The van der Waals surface area contributed by atoms with E-state index in [-0.39, 0.29) is 16.3 Å². The summed E-state index contributed by atoms with van der Waals surface area (Å²) < 4.78 is 42.9. The summed E-state index contributed by atoms with van der Waals surface area (Å²) in [6.45, 7) is 4.23. The van der Waals surface area contributed by atoms with Gasteiger partial charge in [0.15, 0.2) is 0 Å². The second-order valence-corrected chi connectivity index (χ2v) is 7.81. The summed E-state index contributed by atoms with van der Waals surface area (Å²) in [5.41, 5.74) is -1.05. The molecule has 0 aliphatic heterocycles. The molecule has 0 saturated heterocycles. The summed E-state index contributed by atoms with van der Waals surface area (Å²) in [6.07, 6.45) is -1.96. The van der Waals surface area contributed by atoms with Crippen LogP contribution in [0.3, 0.4) is 0 Å². The Labute approximate surface area is 144 Å². The number of sulfonamides is 1. The minimum absolute atomic E-state index is 0.127. The number of benzene rings is 1. The Morgan fingerprint density at radius 2 is 1.92 bits per heavy atom. The second-order valence-electron chi connectivity index (χ2n) is 6.06. The molecule has 2 N–H and O–H groups in total. The average molecular weight is 378 g/mol. The molecule has 1 amide bonds. The van der Waals surface area contributed by atoms with Crippen molar-refractivity contribution in [2.45, 2.75) is 32.9 Å². The number of hydrogen-bond acceptors (Lipinski definition) is 6. The number of carboxylic acid groups (broad SMARTS) is 1. The van der Waals surface area contributed by atoms with Crippen LogP contribution in [0.5, 0.6) is 0 Å². The minimum atomic E-state index is -3.66. The van der Waals surface area contributed by atoms with Crippen molar-refractivity contribution in [1.29, 1.82) is 0 Å². The third-order valence-electron chi connectivity index (χ3n) is 2.44. The van der Waals surface area contributed by atoms with E-state index in [0.717, 1.165) is 18.4 Å². The van der Waals surface area contributed by atoms with Gasteiger partial charge in [0.05, 0.1) is 18.5 Å². The van der Waals surface area contributed by atoms with E-state index in [4.69, 9.17) is 9.84 Å². The van der Waals surface area contributed by atoms with Crippen LogP contribution in [-0.4, -0.2) is 42.7 Å². The van der Waals surface area contributed by atoms with Crippen LogP contribution in [0.25, 0.3) is 0 Å². The fourth-order valence-electron chi connectivity index (χ4n) is 1.60. The van der Waals surface area contributed by atoms with Crippen LogP contribution in [0.2, 0.25) is 0 Å². The number of anilines is 1. The molecule has 0 saturated carbocycles. The van der Waals surface area contributed by atoms with Crippen LogP contribution >= 0.6 is 0 Å². The van der Waals surface area contributed by atoms with Crippen LogP contribution < -0.4 is 4.72 Å². The highest BCUT2D eigenvalue weighted by Crippen LogP contribution is 2.18. The largest absolute Gasteiger partial charge is 0.534 e.